The van der Waals surface area contributed by atoms with E-state index in [1.165, 1.54) is 32.4 Å². The fraction of sp³-hybridized carbons (Fsp3) is 0.533. The average molecular weight is 392 g/mol. The summed E-state index contributed by atoms with van der Waals surface area (Å²) < 4.78 is 30.6. The Morgan fingerprint density at radius 1 is 1.40 bits per heavy atom. The lowest BCUT2D eigenvalue weighted by Crippen LogP contribution is -2.41. The van der Waals surface area contributed by atoms with Crippen LogP contribution in [-0.2, 0) is 19.6 Å². The van der Waals surface area contributed by atoms with Crippen LogP contribution in [0.25, 0.3) is 0 Å². The third kappa shape index (κ3) is 5.13. The van der Waals surface area contributed by atoms with Crippen molar-refractivity contribution < 1.29 is 22.8 Å². The molecule has 0 aliphatic carbocycles. The number of morpholine rings is 1. The zero-order valence-corrected chi connectivity index (χ0v) is 15.8. The Morgan fingerprint density at radius 3 is 2.72 bits per heavy atom. The van der Waals surface area contributed by atoms with E-state index in [1.807, 2.05) is 0 Å². The molecule has 0 saturated carbocycles. The lowest BCUT2D eigenvalue weighted by molar-refractivity contribution is -0.0258. The normalized spacial score (nSPS) is 16.2. The average Bonchev–Trinajstić information content (AvgIpc) is 2.61. The second-order valence-corrected chi connectivity index (χ2v) is 7.76. The van der Waals surface area contributed by atoms with Gasteiger partial charge in [0, 0.05) is 38.8 Å². The Hall–Kier alpha value is -1.23. The van der Waals surface area contributed by atoms with Crippen molar-refractivity contribution in [2.24, 2.45) is 0 Å². The molecule has 1 aliphatic heterocycles. The summed E-state index contributed by atoms with van der Waals surface area (Å²) in [6.07, 6.45) is 0. The van der Waals surface area contributed by atoms with Crippen LogP contribution in [0.4, 0.5) is 0 Å². The Kier molecular flexibility index (Phi) is 7.17. The number of halogens is 1. The number of nitrogens with one attached hydrogen (secondary N) is 1. The minimum absolute atomic E-state index is 0.0220. The lowest BCUT2D eigenvalue weighted by Gasteiger charge is -2.26. The third-order valence-corrected chi connectivity index (χ3v) is 6.05. The first kappa shape index (κ1) is 20.1. The highest BCUT2D eigenvalue weighted by Crippen LogP contribution is 2.25. The number of ether oxygens (including phenoxy) is 1. The summed E-state index contributed by atoms with van der Waals surface area (Å²) in [6.45, 7) is 4.23. The van der Waals surface area contributed by atoms with Crippen LogP contribution < -0.4 is 5.32 Å². The van der Waals surface area contributed by atoms with Crippen LogP contribution in [0.1, 0.15) is 10.4 Å². The molecule has 0 atom stereocenters. The van der Waals surface area contributed by atoms with Crippen molar-refractivity contribution in [3.05, 3.63) is 28.8 Å². The maximum absolute atomic E-state index is 12.3. The largest absolute Gasteiger partial charge is 0.379 e. The van der Waals surface area contributed by atoms with Gasteiger partial charge in [-0.1, -0.05) is 16.1 Å². The van der Waals surface area contributed by atoms with E-state index in [2.05, 4.69) is 10.2 Å². The summed E-state index contributed by atoms with van der Waals surface area (Å²) in [5.41, 5.74) is 0.217. The molecule has 1 N–H and O–H groups in total. The molecule has 1 saturated heterocycles. The van der Waals surface area contributed by atoms with E-state index in [1.54, 1.807) is 0 Å². The van der Waals surface area contributed by atoms with Crippen molar-refractivity contribution in [1.82, 2.24) is 14.7 Å². The third-order valence-electron chi connectivity index (χ3n) is 3.88. The van der Waals surface area contributed by atoms with E-state index < -0.39 is 10.0 Å². The van der Waals surface area contributed by atoms with Gasteiger partial charge in [0.25, 0.3) is 15.9 Å². The number of carbonyl (C=O) groups excluding carboxylic acids is 1. The Balaban J connectivity index is 2.04. The molecule has 0 radical (unpaired) electrons. The second kappa shape index (κ2) is 8.93. The van der Waals surface area contributed by atoms with E-state index in [9.17, 15) is 13.2 Å². The number of amides is 1. The van der Waals surface area contributed by atoms with E-state index >= 15 is 0 Å². The van der Waals surface area contributed by atoms with Crippen molar-refractivity contribution in [3.8, 4) is 0 Å². The molecule has 1 aromatic carbocycles. The molecule has 140 valence electrons. The molecule has 1 aromatic rings. The minimum atomic E-state index is -3.94. The highest BCUT2D eigenvalue weighted by Gasteiger charge is 2.25. The molecule has 25 heavy (non-hydrogen) atoms. The van der Waals surface area contributed by atoms with Gasteiger partial charge >= 0.3 is 0 Å². The highest BCUT2D eigenvalue weighted by molar-refractivity contribution is 7.89. The van der Waals surface area contributed by atoms with Crippen molar-refractivity contribution in [2.75, 3.05) is 53.6 Å². The summed E-state index contributed by atoms with van der Waals surface area (Å²) in [4.78, 5) is 19.0. The molecule has 0 spiro atoms. The minimum Gasteiger partial charge on any atom is -0.379 e. The Labute approximate surface area is 152 Å². The predicted molar refractivity (Wildman–Crippen MR) is 93.0 cm³/mol. The zero-order chi connectivity index (χ0) is 18.4. The van der Waals surface area contributed by atoms with Gasteiger partial charge < -0.3 is 10.1 Å². The quantitative estimate of drug-likeness (QED) is 0.684. The van der Waals surface area contributed by atoms with E-state index in [4.69, 9.17) is 21.2 Å². The topological polar surface area (TPSA) is 88.2 Å². The van der Waals surface area contributed by atoms with Gasteiger partial charge in [-0.15, -0.1) is 0 Å². The molecule has 10 heteroatoms. The summed E-state index contributed by atoms with van der Waals surface area (Å²) >= 11 is 5.98. The second-order valence-electron chi connectivity index (χ2n) is 5.45. The first-order chi connectivity index (χ1) is 11.9. The van der Waals surface area contributed by atoms with Gasteiger partial charge in [-0.2, -0.15) is 0 Å². The predicted octanol–water partition coefficient (Wildman–Crippen LogP) is 0.584. The Bertz CT molecular complexity index is 707. The van der Waals surface area contributed by atoms with Crippen molar-refractivity contribution >= 4 is 27.5 Å². The highest BCUT2D eigenvalue weighted by atomic mass is 35.5. The van der Waals surface area contributed by atoms with Gasteiger partial charge in [0.05, 0.1) is 25.3 Å². The standard InChI is InChI=1S/C15H22ClN3O5S/c1-18(23-2)25(21,22)14-11-12(3-4-13(14)16)15(20)17-5-6-19-7-9-24-10-8-19/h3-4,11H,5-10H2,1-2H3,(H,17,20). The first-order valence-corrected chi connectivity index (χ1v) is 9.59. The van der Waals surface area contributed by atoms with Gasteiger partial charge in [-0.3, -0.25) is 14.5 Å². The maximum Gasteiger partial charge on any atom is 0.266 e. The molecule has 2 rings (SSSR count). The number of benzene rings is 1. The van der Waals surface area contributed by atoms with Crippen molar-refractivity contribution in [3.63, 3.8) is 0 Å². The number of hydroxylamine groups is 1. The van der Waals surface area contributed by atoms with Gasteiger partial charge in [0.15, 0.2) is 0 Å². The fourth-order valence-corrected chi connectivity index (χ4v) is 3.81. The van der Waals surface area contributed by atoms with Gasteiger partial charge in [0.2, 0.25) is 0 Å². The smallest absolute Gasteiger partial charge is 0.266 e. The van der Waals surface area contributed by atoms with Crippen LogP contribution in [0, 0.1) is 0 Å². The number of hydrogen-bond acceptors (Lipinski definition) is 6. The van der Waals surface area contributed by atoms with Gasteiger partial charge in [-0.05, 0) is 18.2 Å². The molecule has 1 amide bonds. The molecular weight excluding hydrogens is 370 g/mol. The molecule has 0 unspecified atom stereocenters. The molecule has 1 aliphatic rings. The van der Waals surface area contributed by atoms with E-state index in [0.717, 1.165) is 13.1 Å². The molecule has 0 bridgehead atoms. The SMILES string of the molecule is CON(C)S(=O)(=O)c1cc(C(=O)NCCN2CCOCC2)ccc1Cl. The molecule has 8 nitrogen and oxygen atoms in total. The number of hydrogen-bond donors (Lipinski definition) is 1. The van der Waals surface area contributed by atoms with Crippen molar-refractivity contribution in [2.45, 2.75) is 4.90 Å². The summed E-state index contributed by atoms with van der Waals surface area (Å²) in [5, 5.41) is 2.81. The van der Waals surface area contributed by atoms with Crippen LogP contribution >= 0.6 is 11.6 Å². The van der Waals surface area contributed by atoms with Crippen LogP contribution in [0.3, 0.4) is 0 Å². The maximum atomic E-state index is 12.3. The first-order valence-electron chi connectivity index (χ1n) is 7.77. The van der Waals surface area contributed by atoms with Crippen LogP contribution in [0.2, 0.25) is 5.02 Å². The van der Waals surface area contributed by atoms with Crippen LogP contribution in [0.15, 0.2) is 23.1 Å². The Morgan fingerprint density at radius 2 is 2.08 bits per heavy atom. The number of rotatable bonds is 7. The number of nitrogens with zero attached hydrogens (tertiary/aromatic N) is 2. The number of sulfonamides is 1. The molecule has 0 aromatic heterocycles. The van der Waals surface area contributed by atoms with E-state index in [-0.39, 0.29) is 21.4 Å². The van der Waals surface area contributed by atoms with Crippen LogP contribution in [0.5, 0.6) is 0 Å². The molecular formula is C15H22ClN3O5S. The van der Waals surface area contributed by atoms with Gasteiger partial charge in [-0.25, -0.2) is 8.42 Å². The van der Waals surface area contributed by atoms with Gasteiger partial charge in [0.1, 0.15) is 4.90 Å². The van der Waals surface area contributed by atoms with E-state index in [0.29, 0.717) is 30.8 Å². The number of carbonyl (C=O) groups is 1. The summed E-state index contributed by atoms with van der Waals surface area (Å²) in [7, 11) is -1.46. The monoisotopic (exact) mass is 391 g/mol. The summed E-state index contributed by atoms with van der Waals surface area (Å²) in [5.74, 6) is -0.360. The molecule has 1 heterocycles. The van der Waals surface area contributed by atoms with Crippen molar-refractivity contribution in [1.29, 1.82) is 0 Å². The molecule has 1 fully saturated rings. The summed E-state index contributed by atoms with van der Waals surface area (Å²) in [6, 6.07) is 4.12. The lowest BCUT2D eigenvalue weighted by atomic mass is 10.2. The zero-order valence-electron chi connectivity index (χ0n) is 14.2. The van der Waals surface area contributed by atoms with Crippen LogP contribution in [-0.4, -0.2) is 77.2 Å². The fourth-order valence-electron chi connectivity index (χ4n) is 2.33.